The van der Waals surface area contributed by atoms with Crippen LogP contribution < -0.4 is 14.2 Å². The number of hydrogen-bond acceptors (Lipinski definition) is 4. The Balaban J connectivity index is 2.01. The Kier molecular flexibility index (Phi) is 5.85. The average molecular weight is 349 g/mol. The molecule has 0 atom stereocenters. The molecule has 0 aliphatic heterocycles. The second-order valence-electron chi connectivity index (χ2n) is 5.62. The molecular weight excluding hydrogens is 326 g/mol. The average Bonchev–Trinajstić information content (AvgIpc) is 2.50. The van der Waals surface area contributed by atoms with Crippen LogP contribution >= 0.6 is 0 Å². The van der Waals surface area contributed by atoms with Crippen molar-refractivity contribution in [2.24, 2.45) is 0 Å². The van der Waals surface area contributed by atoms with Gasteiger partial charge in [-0.05, 0) is 44.0 Å². The van der Waals surface area contributed by atoms with E-state index in [0.717, 1.165) is 16.7 Å². The van der Waals surface area contributed by atoms with Crippen molar-refractivity contribution in [1.29, 1.82) is 0 Å². The monoisotopic (exact) mass is 349 g/mol. The zero-order valence-corrected chi connectivity index (χ0v) is 15.2. The molecule has 0 saturated carbocycles. The van der Waals surface area contributed by atoms with E-state index in [9.17, 15) is 8.42 Å². The highest BCUT2D eigenvalue weighted by atomic mass is 32.2. The highest BCUT2D eigenvalue weighted by Crippen LogP contribution is 2.25. The molecular formula is C18H23NO4S. The van der Waals surface area contributed by atoms with E-state index >= 15 is 0 Å². The van der Waals surface area contributed by atoms with Crippen molar-refractivity contribution in [3.05, 3.63) is 53.1 Å². The highest BCUT2D eigenvalue weighted by Gasteiger charge is 2.19. The van der Waals surface area contributed by atoms with Crippen LogP contribution in [-0.4, -0.2) is 28.7 Å². The van der Waals surface area contributed by atoms with Gasteiger partial charge in [-0.15, -0.1) is 0 Å². The minimum absolute atomic E-state index is 0.174. The van der Waals surface area contributed by atoms with Gasteiger partial charge in [0, 0.05) is 6.54 Å². The highest BCUT2D eigenvalue weighted by molar-refractivity contribution is 7.89. The number of hydrogen-bond donors (Lipinski definition) is 1. The lowest BCUT2D eigenvalue weighted by Crippen LogP contribution is -2.29. The fourth-order valence-electron chi connectivity index (χ4n) is 2.74. The molecule has 0 bridgehead atoms. The molecule has 24 heavy (non-hydrogen) atoms. The number of sulfonamides is 1. The van der Waals surface area contributed by atoms with E-state index in [-0.39, 0.29) is 13.2 Å². The summed E-state index contributed by atoms with van der Waals surface area (Å²) in [6, 6.07) is 11.0. The van der Waals surface area contributed by atoms with Crippen LogP contribution in [0.3, 0.4) is 0 Å². The van der Waals surface area contributed by atoms with Gasteiger partial charge in [0.25, 0.3) is 0 Å². The molecule has 0 unspecified atom stereocenters. The Hall–Kier alpha value is -2.05. The summed E-state index contributed by atoms with van der Waals surface area (Å²) in [6.07, 6.45) is 0. The maximum Gasteiger partial charge on any atom is 0.241 e. The Morgan fingerprint density at radius 3 is 2.17 bits per heavy atom. The lowest BCUT2D eigenvalue weighted by molar-refractivity contribution is 0.298. The number of aryl methyl sites for hydroxylation is 3. The van der Waals surface area contributed by atoms with Crippen LogP contribution in [0, 0.1) is 20.8 Å². The van der Waals surface area contributed by atoms with E-state index in [1.807, 2.05) is 31.2 Å². The Labute approximate surface area is 143 Å². The van der Waals surface area contributed by atoms with Crippen LogP contribution in [0.1, 0.15) is 16.7 Å². The topological polar surface area (TPSA) is 64.6 Å². The lowest BCUT2D eigenvalue weighted by Gasteiger charge is -2.14. The largest absolute Gasteiger partial charge is 0.493 e. The van der Waals surface area contributed by atoms with Gasteiger partial charge in [-0.1, -0.05) is 29.8 Å². The Morgan fingerprint density at radius 1 is 1.00 bits per heavy atom. The summed E-state index contributed by atoms with van der Waals surface area (Å²) in [7, 11) is -2.01. The van der Waals surface area contributed by atoms with Crippen molar-refractivity contribution in [2.75, 3.05) is 20.3 Å². The van der Waals surface area contributed by atoms with Gasteiger partial charge in [-0.25, -0.2) is 13.1 Å². The second kappa shape index (κ2) is 7.68. The summed E-state index contributed by atoms with van der Waals surface area (Å²) >= 11 is 0. The fraction of sp³-hybridized carbons (Fsp3) is 0.333. The van der Waals surface area contributed by atoms with Crippen molar-refractivity contribution in [3.8, 4) is 11.5 Å². The maximum absolute atomic E-state index is 12.5. The van der Waals surface area contributed by atoms with Gasteiger partial charge in [0.05, 0.1) is 12.0 Å². The van der Waals surface area contributed by atoms with Crippen molar-refractivity contribution >= 4 is 10.0 Å². The van der Waals surface area contributed by atoms with Gasteiger partial charge in [-0.2, -0.15) is 0 Å². The van der Waals surface area contributed by atoms with Crippen LogP contribution in [0.4, 0.5) is 0 Å². The first kappa shape index (κ1) is 18.3. The van der Waals surface area contributed by atoms with Crippen molar-refractivity contribution in [1.82, 2.24) is 4.72 Å². The first-order valence-corrected chi connectivity index (χ1v) is 9.17. The molecule has 130 valence electrons. The summed E-state index contributed by atoms with van der Waals surface area (Å²) in [6.45, 7) is 5.95. The van der Waals surface area contributed by atoms with Crippen LogP contribution in [0.15, 0.2) is 41.3 Å². The maximum atomic E-state index is 12.5. The smallest absolute Gasteiger partial charge is 0.241 e. The molecule has 2 aromatic rings. The Morgan fingerprint density at radius 2 is 1.58 bits per heavy atom. The minimum atomic E-state index is -3.57. The normalized spacial score (nSPS) is 11.3. The van der Waals surface area contributed by atoms with E-state index < -0.39 is 10.0 Å². The van der Waals surface area contributed by atoms with E-state index in [2.05, 4.69) is 4.72 Å². The summed E-state index contributed by atoms with van der Waals surface area (Å²) in [5.41, 5.74) is 2.53. The molecule has 2 rings (SSSR count). The first-order chi connectivity index (χ1) is 11.3. The molecule has 0 radical (unpaired) electrons. The van der Waals surface area contributed by atoms with Crippen molar-refractivity contribution < 1.29 is 17.9 Å². The van der Waals surface area contributed by atoms with Crippen molar-refractivity contribution in [2.45, 2.75) is 25.7 Å². The van der Waals surface area contributed by atoms with Gasteiger partial charge in [0.1, 0.15) is 6.61 Å². The summed E-state index contributed by atoms with van der Waals surface area (Å²) < 4.78 is 38.4. The number of rotatable bonds is 7. The zero-order chi connectivity index (χ0) is 17.7. The van der Waals surface area contributed by atoms with Gasteiger partial charge in [0.15, 0.2) is 11.5 Å². The minimum Gasteiger partial charge on any atom is -0.493 e. The predicted octanol–water partition coefficient (Wildman–Crippen LogP) is 2.98. The van der Waals surface area contributed by atoms with Gasteiger partial charge >= 0.3 is 0 Å². The number of ether oxygens (including phenoxy) is 2. The van der Waals surface area contributed by atoms with E-state index in [1.54, 1.807) is 33.1 Å². The molecule has 0 aliphatic carbocycles. The number of methoxy groups -OCH3 is 1. The first-order valence-electron chi connectivity index (χ1n) is 7.68. The quantitative estimate of drug-likeness (QED) is 0.781. The molecule has 5 nitrogen and oxygen atoms in total. The summed E-state index contributed by atoms with van der Waals surface area (Å²) in [5.74, 6) is 1.20. The molecule has 2 aromatic carbocycles. The van der Waals surface area contributed by atoms with Crippen LogP contribution in [-0.2, 0) is 10.0 Å². The third-order valence-electron chi connectivity index (χ3n) is 3.59. The zero-order valence-electron chi connectivity index (χ0n) is 14.4. The molecule has 1 N–H and O–H groups in total. The van der Waals surface area contributed by atoms with Gasteiger partial charge in [-0.3, -0.25) is 0 Å². The molecule has 0 heterocycles. The molecule has 0 fully saturated rings. The van der Waals surface area contributed by atoms with Crippen molar-refractivity contribution in [3.63, 3.8) is 0 Å². The van der Waals surface area contributed by atoms with Crippen LogP contribution in [0.2, 0.25) is 0 Å². The van der Waals surface area contributed by atoms with Crippen LogP contribution in [0.5, 0.6) is 11.5 Å². The summed E-state index contributed by atoms with van der Waals surface area (Å²) in [5, 5.41) is 0. The fourth-order valence-corrected chi connectivity index (χ4v) is 4.20. The summed E-state index contributed by atoms with van der Waals surface area (Å²) in [4.78, 5) is 0.338. The molecule has 6 heteroatoms. The van der Waals surface area contributed by atoms with E-state index in [1.165, 1.54) is 0 Å². The van der Waals surface area contributed by atoms with E-state index in [4.69, 9.17) is 9.47 Å². The lowest BCUT2D eigenvalue weighted by atomic mass is 10.1. The molecule has 0 saturated heterocycles. The van der Waals surface area contributed by atoms with Gasteiger partial charge < -0.3 is 9.47 Å². The predicted molar refractivity (Wildman–Crippen MR) is 94.3 cm³/mol. The SMILES string of the molecule is COc1ccccc1OCCNS(=O)(=O)c1c(C)cc(C)cc1C. The number of benzene rings is 2. The third-order valence-corrected chi connectivity index (χ3v) is 5.36. The molecule has 0 amide bonds. The van der Waals surface area contributed by atoms with Crippen LogP contribution in [0.25, 0.3) is 0 Å². The molecule has 0 spiro atoms. The number of para-hydroxylation sites is 2. The number of nitrogens with one attached hydrogen (secondary N) is 1. The Bertz CT molecular complexity index is 793. The molecule has 0 aromatic heterocycles. The second-order valence-corrected chi connectivity index (χ2v) is 7.33. The standard InChI is InChI=1S/C18H23NO4S/c1-13-11-14(2)18(15(3)12-13)24(20,21)19-9-10-23-17-8-6-5-7-16(17)22-4/h5-8,11-12,19H,9-10H2,1-4H3. The van der Waals surface area contributed by atoms with E-state index in [0.29, 0.717) is 16.4 Å². The van der Waals surface area contributed by atoms with Gasteiger partial charge in [0.2, 0.25) is 10.0 Å². The molecule has 0 aliphatic rings. The third kappa shape index (κ3) is 4.27.